The number of rotatable bonds is 4. The number of carbonyl (C=O) groups is 2. The lowest BCUT2D eigenvalue weighted by atomic mass is 9.78. The quantitative estimate of drug-likeness (QED) is 0.842. The van der Waals surface area contributed by atoms with E-state index in [0.717, 1.165) is 31.4 Å². The molecule has 1 aromatic rings. The molecule has 1 unspecified atom stereocenters. The van der Waals surface area contributed by atoms with Crippen molar-refractivity contribution < 1.29 is 14.0 Å². The van der Waals surface area contributed by atoms with Crippen LogP contribution in [0.5, 0.6) is 0 Å². The largest absolute Gasteiger partial charge is 0.342 e. The smallest absolute Gasteiger partial charge is 0.230 e. The van der Waals surface area contributed by atoms with E-state index in [4.69, 9.17) is 0 Å². The lowest BCUT2D eigenvalue weighted by Crippen LogP contribution is -2.50. The molecule has 2 saturated heterocycles. The second-order valence-electron chi connectivity index (χ2n) is 7.95. The third-order valence-electron chi connectivity index (χ3n) is 5.98. The molecule has 134 valence electrons. The molecule has 1 atom stereocenters. The van der Waals surface area contributed by atoms with Crippen LogP contribution in [-0.2, 0) is 16.1 Å². The molecule has 4 nitrogen and oxygen atoms in total. The van der Waals surface area contributed by atoms with E-state index >= 15 is 0 Å². The molecule has 2 heterocycles. The van der Waals surface area contributed by atoms with E-state index in [1.807, 2.05) is 9.80 Å². The third-order valence-corrected chi connectivity index (χ3v) is 5.98. The van der Waals surface area contributed by atoms with Crippen LogP contribution in [0, 0.1) is 17.2 Å². The average Bonchev–Trinajstić information content (AvgIpc) is 3.31. The first-order valence-electron chi connectivity index (χ1n) is 9.37. The maximum Gasteiger partial charge on any atom is 0.230 e. The Bertz CT molecular complexity index is 671. The van der Waals surface area contributed by atoms with Crippen molar-refractivity contribution in [1.82, 2.24) is 9.80 Å². The summed E-state index contributed by atoms with van der Waals surface area (Å²) in [5.41, 5.74) is 0.559. The fourth-order valence-corrected chi connectivity index (χ4v) is 4.28. The molecule has 25 heavy (non-hydrogen) atoms. The van der Waals surface area contributed by atoms with E-state index in [0.29, 0.717) is 32.0 Å². The fraction of sp³-hybridized carbons (Fsp3) is 0.600. The molecule has 1 spiro atoms. The number of nitrogens with zero attached hydrogens (tertiary/aromatic N) is 2. The van der Waals surface area contributed by atoms with Crippen molar-refractivity contribution in [3.63, 3.8) is 0 Å². The van der Waals surface area contributed by atoms with Crippen LogP contribution in [0.1, 0.15) is 44.1 Å². The molecular formula is C20H25FN2O2. The second kappa shape index (κ2) is 6.43. The first-order valence-corrected chi connectivity index (χ1v) is 9.37. The Balaban J connectivity index is 1.42. The van der Waals surface area contributed by atoms with Crippen LogP contribution < -0.4 is 0 Å². The molecule has 2 aliphatic heterocycles. The summed E-state index contributed by atoms with van der Waals surface area (Å²) in [6.07, 6.45) is 5.63. The minimum atomic E-state index is -0.391. The Hall–Kier alpha value is -1.91. The molecule has 1 saturated carbocycles. The topological polar surface area (TPSA) is 40.6 Å². The second-order valence-corrected chi connectivity index (χ2v) is 7.95. The van der Waals surface area contributed by atoms with Gasteiger partial charge in [0, 0.05) is 32.6 Å². The van der Waals surface area contributed by atoms with Gasteiger partial charge in [0.2, 0.25) is 11.8 Å². The molecule has 5 heteroatoms. The molecule has 3 aliphatic rings. The molecule has 0 aromatic heterocycles. The van der Waals surface area contributed by atoms with Gasteiger partial charge in [0.05, 0.1) is 5.41 Å². The number of amides is 2. The molecule has 2 amide bonds. The first kappa shape index (κ1) is 16.6. The highest BCUT2D eigenvalue weighted by atomic mass is 19.1. The van der Waals surface area contributed by atoms with Crippen molar-refractivity contribution in [1.29, 1.82) is 0 Å². The number of piperidine rings is 1. The van der Waals surface area contributed by atoms with Crippen LogP contribution in [0.2, 0.25) is 0 Å². The monoisotopic (exact) mass is 344 g/mol. The summed E-state index contributed by atoms with van der Waals surface area (Å²) in [5, 5.41) is 0. The van der Waals surface area contributed by atoms with Gasteiger partial charge in [-0.2, -0.15) is 0 Å². The van der Waals surface area contributed by atoms with E-state index < -0.39 is 5.41 Å². The Morgan fingerprint density at radius 3 is 2.64 bits per heavy atom. The highest BCUT2D eigenvalue weighted by Gasteiger charge is 2.49. The van der Waals surface area contributed by atoms with Crippen molar-refractivity contribution in [2.75, 3.05) is 19.6 Å². The number of hydrogen-bond acceptors (Lipinski definition) is 2. The van der Waals surface area contributed by atoms with Gasteiger partial charge in [-0.25, -0.2) is 4.39 Å². The van der Waals surface area contributed by atoms with Crippen molar-refractivity contribution in [2.24, 2.45) is 11.3 Å². The third kappa shape index (κ3) is 3.42. The summed E-state index contributed by atoms with van der Waals surface area (Å²) in [4.78, 5) is 29.3. The van der Waals surface area contributed by atoms with Crippen LogP contribution in [0.4, 0.5) is 4.39 Å². The molecule has 0 N–H and O–H groups in total. The van der Waals surface area contributed by atoms with E-state index in [1.165, 1.54) is 25.0 Å². The van der Waals surface area contributed by atoms with Crippen LogP contribution in [0.15, 0.2) is 24.3 Å². The van der Waals surface area contributed by atoms with Gasteiger partial charge >= 0.3 is 0 Å². The standard InChI is InChI=1S/C20H25FN2O2/c21-17-6-4-16(5-7-17)13-22-10-1-8-20(19(22)25)9-11-23(14-20)18(24)12-15-2-3-15/h4-7,15H,1-3,8-14H2. The van der Waals surface area contributed by atoms with Crippen molar-refractivity contribution in [3.05, 3.63) is 35.6 Å². The maximum absolute atomic E-state index is 13.1. The van der Waals surface area contributed by atoms with Gasteiger partial charge in [-0.05, 0) is 55.7 Å². The van der Waals surface area contributed by atoms with Crippen LogP contribution in [0.3, 0.4) is 0 Å². The minimum absolute atomic E-state index is 0.171. The molecule has 3 fully saturated rings. The summed E-state index contributed by atoms with van der Waals surface area (Å²) >= 11 is 0. The normalized spacial score (nSPS) is 26.5. The zero-order valence-electron chi connectivity index (χ0n) is 14.5. The summed E-state index contributed by atoms with van der Waals surface area (Å²) in [6, 6.07) is 6.36. The van der Waals surface area contributed by atoms with Crippen LogP contribution in [0.25, 0.3) is 0 Å². The molecule has 4 rings (SSSR count). The minimum Gasteiger partial charge on any atom is -0.342 e. The van der Waals surface area contributed by atoms with Gasteiger partial charge in [-0.1, -0.05) is 12.1 Å². The van der Waals surface area contributed by atoms with Crippen molar-refractivity contribution in [3.8, 4) is 0 Å². The van der Waals surface area contributed by atoms with Gasteiger partial charge in [0.15, 0.2) is 0 Å². The molecular weight excluding hydrogens is 319 g/mol. The van der Waals surface area contributed by atoms with E-state index in [9.17, 15) is 14.0 Å². The molecule has 0 radical (unpaired) electrons. The first-order chi connectivity index (χ1) is 12.1. The van der Waals surface area contributed by atoms with E-state index in [1.54, 1.807) is 12.1 Å². The molecule has 1 aromatic carbocycles. The van der Waals surface area contributed by atoms with E-state index in [2.05, 4.69) is 0 Å². The SMILES string of the molecule is O=C(CC1CC1)N1CCC2(CCCN(Cc3ccc(F)cc3)C2=O)C1. The number of halogens is 1. The summed E-state index contributed by atoms with van der Waals surface area (Å²) in [7, 11) is 0. The molecule has 1 aliphatic carbocycles. The number of likely N-dealkylation sites (tertiary alicyclic amines) is 2. The Morgan fingerprint density at radius 1 is 1.16 bits per heavy atom. The number of benzene rings is 1. The Morgan fingerprint density at radius 2 is 1.92 bits per heavy atom. The lowest BCUT2D eigenvalue weighted by Gasteiger charge is -2.39. The molecule has 0 bridgehead atoms. The predicted octanol–water partition coefficient (Wildman–Crippen LogP) is 2.97. The number of hydrogen-bond donors (Lipinski definition) is 0. The van der Waals surface area contributed by atoms with Crippen molar-refractivity contribution in [2.45, 2.75) is 45.1 Å². The van der Waals surface area contributed by atoms with Gasteiger partial charge in [-0.3, -0.25) is 9.59 Å². The number of carbonyl (C=O) groups excluding carboxylic acids is 2. The predicted molar refractivity (Wildman–Crippen MR) is 92.0 cm³/mol. The Kier molecular flexibility index (Phi) is 4.26. The summed E-state index contributed by atoms with van der Waals surface area (Å²) in [6.45, 7) is 2.56. The Labute approximate surface area is 148 Å². The van der Waals surface area contributed by atoms with Gasteiger partial charge in [0.1, 0.15) is 5.82 Å². The lowest BCUT2D eigenvalue weighted by molar-refractivity contribution is -0.146. The summed E-state index contributed by atoms with van der Waals surface area (Å²) in [5.74, 6) is 0.722. The van der Waals surface area contributed by atoms with E-state index in [-0.39, 0.29) is 17.6 Å². The van der Waals surface area contributed by atoms with Gasteiger partial charge < -0.3 is 9.80 Å². The zero-order chi connectivity index (χ0) is 17.4. The summed E-state index contributed by atoms with van der Waals surface area (Å²) < 4.78 is 13.1. The van der Waals surface area contributed by atoms with Crippen LogP contribution >= 0.6 is 0 Å². The van der Waals surface area contributed by atoms with Crippen molar-refractivity contribution >= 4 is 11.8 Å². The maximum atomic E-state index is 13.1. The highest BCUT2D eigenvalue weighted by Crippen LogP contribution is 2.41. The fourth-order valence-electron chi connectivity index (χ4n) is 4.28. The van der Waals surface area contributed by atoms with Gasteiger partial charge in [0.25, 0.3) is 0 Å². The highest BCUT2D eigenvalue weighted by molar-refractivity contribution is 5.86. The average molecular weight is 344 g/mol. The van der Waals surface area contributed by atoms with Crippen LogP contribution in [-0.4, -0.2) is 41.2 Å². The zero-order valence-corrected chi connectivity index (χ0v) is 14.5. The van der Waals surface area contributed by atoms with Gasteiger partial charge in [-0.15, -0.1) is 0 Å².